The molecule has 0 aliphatic rings. The van der Waals surface area contributed by atoms with E-state index >= 15 is 0 Å². The van der Waals surface area contributed by atoms with Crippen LogP contribution in [0.25, 0.3) is 0 Å². The van der Waals surface area contributed by atoms with Gasteiger partial charge in [-0.1, -0.05) is 0 Å². The summed E-state index contributed by atoms with van der Waals surface area (Å²) in [4.78, 5) is 14.7. The van der Waals surface area contributed by atoms with Crippen LogP contribution in [0.2, 0.25) is 0 Å². The van der Waals surface area contributed by atoms with E-state index < -0.39 is 16.0 Å². The minimum absolute atomic E-state index is 0.122. The van der Waals surface area contributed by atoms with Crippen LogP contribution < -0.4 is 5.69 Å². The third kappa shape index (κ3) is 1.35. The highest BCUT2D eigenvalue weighted by Crippen LogP contribution is 1.70. The highest BCUT2D eigenvalue weighted by Gasteiger charge is 1.81. The van der Waals surface area contributed by atoms with E-state index in [1.165, 1.54) is 12.3 Å². The number of hydrogen-bond acceptors (Lipinski definition) is 3. The molecule has 1 heterocycles. The number of hydrogen-bond donors (Lipinski definition) is 2. The second kappa shape index (κ2) is 2.53. The van der Waals surface area contributed by atoms with Crippen molar-refractivity contribution in [2.75, 3.05) is 0 Å². The van der Waals surface area contributed by atoms with E-state index in [1.807, 2.05) is 0 Å². The molecule has 1 aromatic heterocycles. The summed E-state index contributed by atoms with van der Waals surface area (Å²) in [6.45, 7) is 0. The van der Waals surface area contributed by atoms with Crippen LogP contribution in [-0.2, 0) is 10.3 Å². The lowest BCUT2D eigenvalue weighted by atomic mass is 10.7. The first-order valence-corrected chi connectivity index (χ1v) is 3.48. The average molecular weight is 160 g/mol. The maximum Gasteiger partial charge on any atom is 0.323 e. The largest absolute Gasteiger partial charge is 0.323 e. The Hall–Kier alpha value is -1.30. The fourth-order valence-electron chi connectivity index (χ4n) is 0.480. The van der Waals surface area contributed by atoms with Crippen LogP contribution in [0.1, 0.15) is 0 Å². The maximum absolute atomic E-state index is 10.4. The Bertz CT molecular complexity index is 430. The second-order valence-electron chi connectivity index (χ2n) is 1.53. The van der Waals surface area contributed by atoms with Gasteiger partial charge in [0.05, 0.1) is 0 Å². The van der Waals surface area contributed by atoms with Crippen molar-refractivity contribution in [1.29, 1.82) is 0 Å². The van der Waals surface area contributed by atoms with Crippen molar-refractivity contribution in [2.45, 2.75) is 0 Å². The molecular formula is C4H4N2O3S. The minimum atomic E-state index is -2.36. The molecule has 0 aromatic carbocycles. The first-order chi connectivity index (χ1) is 4.70. The standard InChI is InChI=1S/C4H4N2O3S/c7-4-5-2-1-3(6-4)10(8)9/h1-2H,(H2,5,6,7). The fourth-order valence-corrected chi connectivity index (χ4v) is 0.835. The molecule has 0 spiro atoms. The maximum atomic E-state index is 10.4. The Labute approximate surface area is 56.9 Å². The molecule has 5 nitrogen and oxygen atoms in total. The average Bonchev–Trinajstić information content (AvgIpc) is 1.88. The van der Waals surface area contributed by atoms with Gasteiger partial charge < -0.3 is 4.98 Å². The Morgan fingerprint density at radius 1 is 1.40 bits per heavy atom. The Morgan fingerprint density at radius 3 is 2.50 bits per heavy atom. The van der Waals surface area contributed by atoms with Crippen LogP contribution >= 0.6 is 0 Å². The third-order valence-corrected chi connectivity index (χ3v) is 1.46. The van der Waals surface area contributed by atoms with Crippen LogP contribution in [0, 0.1) is 4.64 Å². The molecule has 0 saturated heterocycles. The molecular weight excluding hydrogens is 156 g/mol. The summed E-state index contributed by atoms with van der Waals surface area (Å²) < 4.78 is 20.2. The van der Waals surface area contributed by atoms with Crippen LogP contribution in [0.15, 0.2) is 17.1 Å². The van der Waals surface area contributed by atoms with E-state index in [2.05, 4.69) is 9.97 Å². The van der Waals surface area contributed by atoms with Gasteiger partial charge in [-0.3, -0.25) is 4.98 Å². The highest BCUT2D eigenvalue weighted by atomic mass is 32.2. The molecule has 0 atom stereocenters. The normalized spacial score (nSPS) is 9.20. The molecule has 54 valence electrons. The van der Waals surface area contributed by atoms with Gasteiger partial charge in [0.1, 0.15) is 0 Å². The number of H-pyrrole nitrogens is 2. The first-order valence-electron chi connectivity index (χ1n) is 2.40. The zero-order chi connectivity index (χ0) is 7.56. The minimum Gasteiger partial charge on any atom is -0.314 e. The first kappa shape index (κ1) is 6.81. The Kier molecular flexibility index (Phi) is 1.72. The predicted octanol–water partition coefficient (Wildman–Crippen LogP) is -0.886. The van der Waals surface area contributed by atoms with Gasteiger partial charge in [-0.25, -0.2) is 4.79 Å². The van der Waals surface area contributed by atoms with Crippen LogP contribution in [0.5, 0.6) is 0 Å². The summed E-state index contributed by atoms with van der Waals surface area (Å²) in [5.41, 5.74) is -0.540. The van der Waals surface area contributed by atoms with Crippen molar-refractivity contribution in [3.05, 3.63) is 27.4 Å². The van der Waals surface area contributed by atoms with E-state index in [9.17, 15) is 13.2 Å². The van der Waals surface area contributed by atoms with E-state index in [4.69, 9.17) is 0 Å². The molecule has 1 rings (SSSR count). The molecule has 0 bridgehead atoms. The van der Waals surface area contributed by atoms with Gasteiger partial charge in [-0.2, -0.15) is 8.42 Å². The summed E-state index contributed by atoms with van der Waals surface area (Å²) in [6.07, 6.45) is 1.25. The quantitative estimate of drug-likeness (QED) is 0.483. The number of aromatic nitrogens is 2. The third-order valence-electron chi connectivity index (χ3n) is 0.865. The van der Waals surface area contributed by atoms with E-state index in [1.54, 1.807) is 0 Å². The molecule has 1 aromatic rings. The summed E-state index contributed by atoms with van der Waals surface area (Å²) in [7, 11) is -2.36. The predicted molar refractivity (Wildman–Crippen MR) is 33.6 cm³/mol. The zero-order valence-electron chi connectivity index (χ0n) is 4.79. The SMILES string of the molecule is O=c1[nH]ccc(=S(=O)=O)[nH]1. The lowest BCUT2D eigenvalue weighted by molar-refractivity contribution is 0.624. The van der Waals surface area contributed by atoms with Crippen LogP contribution in [0.4, 0.5) is 0 Å². The monoisotopic (exact) mass is 160 g/mol. The molecule has 0 radical (unpaired) electrons. The topological polar surface area (TPSA) is 82.8 Å². The number of nitrogens with one attached hydrogen (secondary N) is 2. The van der Waals surface area contributed by atoms with Crippen molar-refractivity contribution >= 4 is 10.3 Å². The fraction of sp³-hybridized carbons (Fsp3) is 0. The molecule has 2 N–H and O–H groups in total. The second-order valence-corrected chi connectivity index (χ2v) is 2.44. The van der Waals surface area contributed by atoms with Crippen molar-refractivity contribution < 1.29 is 8.42 Å². The molecule has 0 fully saturated rings. The summed E-state index contributed by atoms with van der Waals surface area (Å²) in [5.74, 6) is 0. The van der Waals surface area contributed by atoms with Crippen molar-refractivity contribution in [1.82, 2.24) is 9.97 Å². The Balaban J connectivity index is 3.83. The highest BCUT2D eigenvalue weighted by molar-refractivity contribution is 7.63. The van der Waals surface area contributed by atoms with Crippen LogP contribution in [0.3, 0.4) is 0 Å². The van der Waals surface area contributed by atoms with Gasteiger partial charge in [0, 0.05) is 6.20 Å². The Morgan fingerprint density at radius 2 is 2.10 bits per heavy atom. The molecule has 6 heteroatoms. The lowest BCUT2D eigenvalue weighted by Crippen LogP contribution is -2.08. The zero-order valence-corrected chi connectivity index (χ0v) is 5.60. The molecule has 0 aliphatic heterocycles. The number of aromatic amines is 2. The van der Waals surface area contributed by atoms with Gasteiger partial charge in [0.2, 0.25) is 10.3 Å². The summed E-state index contributed by atoms with van der Waals surface area (Å²) in [5, 5.41) is 0. The molecule has 0 aliphatic carbocycles. The molecule has 0 saturated carbocycles. The summed E-state index contributed by atoms with van der Waals surface area (Å²) >= 11 is 0. The van der Waals surface area contributed by atoms with E-state index in [-0.39, 0.29) is 4.64 Å². The van der Waals surface area contributed by atoms with Gasteiger partial charge >= 0.3 is 5.69 Å². The van der Waals surface area contributed by atoms with Gasteiger partial charge in [0.15, 0.2) is 4.64 Å². The van der Waals surface area contributed by atoms with Gasteiger partial charge in [-0.05, 0) is 6.07 Å². The molecule has 0 amide bonds. The smallest absolute Gasteiger partial charge is 0.314 e. The van der Waals surface area contributed by atoms with E-state index in [0.717, 1.165) is 0 Å². The molecule has 0 unspecified atom stereocenters. The van der Waals surface area contributed by atoms with Crippen LogP contribution in [-0.4, -0.2) is 18.4 Å². The number of rotatable bonds is 0. The van der Waals surface area contributed by atoms with Crippen molar-refractivity contribution in [3.8, 4) is 0 Å². The van der Waals surface area contributed by atoms with E-state index in [0.29, 0.717) is 0 Å². The van der Waals surface area contributed by atoms with Gasteiger partial charge in [0.25, 0.3) is 0 Å². The van der Waals surface area contributed by atoms with Crippen molar-refractivity contribution in [3.63, 3.8) is 0 Å². The summed E-state index contributed by atoms with van der Waals surface area (Å²) in [6, 6.07) is 1.25. The van der Waals surface area contributed by atoms with Gasteiger partial charge in [-0.15, -0.1) is 0 Å². The van der Waals surface area contributed by atoms with Crippen molar-refractivity contribution in [2.24, 2.45) is 0 Å². The molecule has 10 heavy (non-hydrogen) atoms. The lowest BCUT2D eigenvalue weighted by Gasteiger charge is -1.78.